The van der Waals surface area contributed by atoms with Gasteiger partial charge in [-0.25, -0.2) is 9.78 Å². The first kappa shape index (κ1) is 13.0. The first-order valence-electron chi connectivity index (χ1n) is 5.16. The summed E-state index contributed by atoms with van der Waals surface area (Å²) in [7, 11) is 1.54. The first-order chi connectivity index (χ1) is 7.99. The van der Waals surface area contributed by atoms with Crippen molar-refractivity contribution in [1.29, 1.82) is 0 Å². The Bertz CT molecular complexity index is 420. The third-order valence-corrected chi connectivity index (χ3v) is 2.13. The van der Waals surface area contributed by atoms with E-state index in [0.717, 1.165) is 5.69 Å². The highest BCUT2D eigenvalue weighted by Crippen LogP contribution is 2.04. The third kappa shape index (κ3) is 4.50. The number of nitrogens with zero attached hydrogens (tertiary/aromatic N) is 2. The molecule has 0 unspecified atom stereocenters. The molecule has 0 bridgehead atoms. The zero-order valence-electron chi connectivity index (χ0n) is 9.80. The fourth-order valence-electron chi connectivity index (χ4n) is 1.18. The Morgan fingerprint density at radius 2 is 2.18 bits per heavy atom. The quantitative estimate of drug-likeness (QED) is 0.827. The molecule has 1 heterocycles. The van der Waals surface area contributed by atoms with Crippen molar-refractivity contribution in [1.82, 2.24) is 9.88 Å². The molecular formula is C11H15N3O3. The number of hydrogen-bond acceptors (Lipinski definition) is 3. The second-order valence-electron chi connectivity index (χ2n) is 3.66. The molecule has 0 atom stereocenters. The third-order valence-electron chi connectivity index (χ3n) is 2.13. The highest BCUT2D eigenvalue weighted by molar-refractivity contribution is 5.88. The second-order valence-corrected chi connectivity index (χ2v) is 3.66. The highest BCUT2D eigenvalue weighted by atomic mass is 16.4. The van der Waals surface area contributed by atoms with Crippen LogP contribution >= 0.6 is 0 Å². The molecule has 17 heavy (non-hydrogen) atoms. The summed E-state index contributed by atoms with van der Waals surface area (Å²) in [6.45, 7) is 1.98. The Labute approximate surface area is 99.3 Å². The zero-order valence-corrected chi connectivity index (χ0v) is 9.80. The molecule has 0 aliphatic heterocycles. The van der Waals surface area contributed by atoms with E-state index in [1.54, 1.807) is 12.1 Å². The number of carboxylic acids is 1. The number of nitrogens with one attached hydrogen (secondary N) is 1. The molecule has 0 saturated heterocycles. The van der Waals surface area contributed by atoms with Gasteiger partial charge in [0.05, 0.1) is 6.42 Å². The lowest BCUT2D eigenvalue weighted by atomic mass is 10.4. The molecule has 0 aromatic carbocycles. The van der Waals surface area contributed by atoms with Crippen LogP contribution in [0.3, 0.4) is 0 Å². The summed E-state index contributed by atoms with van der Waals surface area (Å²) < 4.78 is 0. The lowest BCUT2D eigenvalue weighted by Crippen LogP contribution is -2.33. The number of rotatable bonds is 4. The van der Waals surface area contributed by atoms with E-state index in [9.17, 15) is 9.59 Å². The minimum absolute atomic E-state index is 0.0782. The topological polar surface area (TPSA) is 82.5 Å². The van der Waals surface area contributed by atoms with E-state index < -0.39 is 5.97 Å². The summed E-state index contributed by atoms with van der Waals surface area (Å²) in [6.07, 6.45) is -0.0782. The number of carboxylic acid groups (broad SMARTS) is 1. The van der Waals surface area contributed by atoms with E-state index in [2.05, 4.69) is 10.3 Å². The van der Waals surface area contributed by atoms with E-state index in [1.807, 2.05) is 13.0 Å². The summed E-state index contributed by atoms with van der Waals surface area (Å²) >= 11 is 0. The van der Waals surface area contributed by atoms with Crippen LogP contribution in [0.2, 0.25) is 0 Å². The fraction of sp³-hybridized carbons (Fsp3) is 0.364. The number of carbonyl (C=O) groups is 2. The second kappa shape index (κ2) is 5.83. The van der Waals surface area contributed by atoms with Crippen molar-refractivity contribution in [3.05, 3.63) is 23.9 Å². The fourth-order valence-corrected chi connectivity index (χ4v) is 1.18. The van der Waals surface area contributed by atoms with Crippen molar-refractivity contribution in [2.75, 3.05) is 18.9 Å². The van der Waals surface area contributed by atoms with Crippen LogP contribution in [0.25, 0.3) is 0 Å². The van der Waals surface area contributed by atoms with Crippen LogP contribution in [0.1, 0.15) is 12.1 Å². The number of anilines is 1. The van der Waals surface area contributed by atoms with Crippen molar-refractivity contribution in [2.24, 2.45) is 0 Å². The average molecular weight is 237 g/mol. The van der Waals surface area contributed by atoms with Gasteiger partial charge >= 0.3 is 12.0 Å². The maximum absolute atomic E-state index is 11.6. The normalized spacial score (nSPS) is 9.76. The summed E-state index contributed by atoms with van der Waals surface area (Å²) in [6, 6.07) is 4.92. The number of pyridine rings is 1. The summed E-state index contributed by atoms with van der Waals surface area (Å²) in [4.78, 5) is 27.4. The summed E-state index contributed by atoms with van der Waals surface area (Å²) in [5.74, 6) is -0.476. The van der Waals surface area contributed by atoms with Gasteiger partial charge in [0.15, 0.2) is 0 Å². The monoisotopic (exact) mass is 237 g/mol. The number of aliphatic carboxylic acids is 1. The Morgan fingerprint density at radius 1 is 1.47 bits per heavy atom. The van der Waals surface area contributed by atoms with Gasteiger partial charge in [-0.2, -0.15) is 0 Å². The van der Waals surface area contributed by atoms with Crippen molar-refractivity contribution < 1.29 is 14.7 Å². The summed E-state index contributed by atoms with van der Waals surface area (Å²) in [5, 5.41) is 11.1. The van der Waals surface area contributed by atoms with Gasteiger partial charge in [-0.1, -0.05) is 6.07 Å². The Morgan fingerprint density at radius 3 is 2.76 bits per heavy atom. The molecule has 6 heteroatoms. The molecule has 2 N–H and O–H groups in total. The van der Waals surface area contributed by atoms with Crippen LogP contribution in [0.5, 0.6) is 0 Å². The Balaban J connectivity index is 2.51. The molecule has 0 aliphatic carbocycles. The van der Waals surface area contributed by atoms with Crippen LogP contribution in [0.4, 0.5) is 10.6 Å². The van der Waals surface area contributed by atoms with Gasteiger partial charge in [-0.15, -0.1) is 0 Å². The van der Waals surface area contributed by atoms with Crippen LogP contribution in [0, 0.1) is 6.92 Å². The standard InChI is InChI=1S/C11H15N3O3/c1-8-4-3-5-9(12-8)13-11(17)14(2)7-6-10(15)16/h3-5H,6-7H2,1-2H3,(H,15,16)(H,12,13,17). The van der Waals surface area contributed by atoms with Gasteiger partial charge in [0.25, 0.3) is 0 Å². The molecule has 92 valence electrons. The SMILES string of the molecule is Cc1cccc(NC(=O)N(C)CCC(=O)O)n1. The van der Waals surface area contributed by atoms with Crippen LogP contribution in [-0.2, 0) is 4.79 Å². The van der Waals surface area contributed by atoms with E-state index in [0.29, 0.717) is 5.82 Å². The average Bonchev–Trinajstić information content (AvgIpc) is 2.25. The number of amides is 2. The van der Waals surface area contributed by atoms with Gasteiger partial charge < -0.3 is 10.0 Å². The molecule has 0 fully saturated rings. The van der Waals surface area contributed by atoms with Gasteiger partial charge in [-0.05, 0) is 19.1 Å². The molecule has 1 aromatic rings. The van der Waals surface area contributed by atoms with Gasteiger partial charge in [0.2, 0.25) is 0 Å². The van der Waals surface area contributed by atoms with E-state index in [1.165, 1.54) is 11.9 Å². The number of urea groups is 1. The largest absolute Gasteiger partial charge is 0.481 e. The number of carbonyl (C=O) groups excluding carboxylic acids is 1. The maximum atomic E-state index is 11.6. The number of aromatic nitrogens is 1. The predicted molar refractivity (Wildman–Crippen MR) is 62.9 cm³/mol. The van der Waals surface area contributed by atoms with Crippen molar-refractivity contribution in [3.63, 3.8) is 0 Å². The lowest BCUT2D eigenvalue weighted by molar-refractivity contribution is -0.137. The van der Waals surface area contributed by atoms with E-state index in [-0.39, 0.29) is 19.0 Å². The smallest absolute Gasteiger partial charge is 0.322 e. The number of hydrogen-bond donors (Lipinski definition) is 2. The Hall–Kier alpha value is -2.11. The predicted octanol–water partition coefficient (Wildman–Crippen LogP) is 1.33. The molecule has 1 rings (SSSR count). The van der Waals surface area contributed by atoms with Crippen LogP contribution < -0.4 is 5.32 Å². The van der Waals surface area contributed by atoms with E-state index >= 15 is 0 Å². The van der Waals surface area contributed by atoms with Gasteiger partial charge in [-0.3, -0.25) is 10.1 Å². The van der Waals surface area contributed by atoms with Crippen molar-refractivity contribution in [3.8, 4) is 0 Å². The molecule has 6 nitrogen and oxygen atoms in total. The van der Waals surface area contributed by atoms with Gasteiger partial charge in [0, 0.05) is 19.3 Å². The highest BCUT2D eigenvalue weighted by Gasteiger charge is 2.10. The summed E-state index contributed by atoms with van der Waals surface area (Å²) in [5.41, 5.74) is 0.802. The maximum Gasteiger partial charge on any atom is 0.322 e. The molecule has 1 aromatic heterocycles. The minimum atomic E-state index is -0.932. The number of aryl methyl sites for hydroxylation is 1. The lowest BCUT2D eigenvalue weighted by Gasteiger charge is -2.16. The molecule has 0 radical (unpaired) electrons. The van der Waals surface area contributed by atoms with Crippen molar-refractivity contribution >= 4 is 17.8 Å². The van der Waals surface area contributed by atoms with Crippen LogP contribution in [-0.4, -0.2) is 40.6 Å². The van der Waals surface area contributed by atoms with Gasteiger partial charge in [0.1, 0.15) is 5.82 Å². The molecule has 0 spiro atoms. The minimum Gasteiger partial charge on any atom is -0.481 e. The molecule has 0 aliphatic rings. The van der Waals surface area contributed by atoms with E-state index in [4.69, 9.17) is 5.11 Å². The molecule has 0 saturated carbocycles. The Kier molecular flexibility index (Phi) is 4.45. The molecular weight excluding hydrogens is 222 g/mol. The first-order valence-corrected chi connectivity index (χ1v) is 5.16. The van der Waals surface area contributed by atoms with Crippen LogP contribution in [0.15, 0.2) is 18.2 Å². The zero-order chi connectivity index (χ0) is 12.8. The van der Waals surface area contributed by atoms with Crippen molar-refractivity contribution in [2.45, 2.75) is 13.3 Å². The molecule has 2 amide bonds.